The molecule has 1 heterocycles. The van der Waals surface area contributed by atoms with E-state index in [2.05, 4.69) is 5.32 Å². The molecule has 2 atom stereocenters. The number of aliphatic carboxylic acids is 1. The van der Waals surface area contributed by atoms with Gasteiger partial charge in [0.05, 0.1) is 4.92 Å². The van der Waals surface area contributed by atoms with Crippen LogP contribution in [0.5, 0.6) is 0 Å². The summed E-state index contributed by atoms with van der Waals surface area (Å²) in [7, 11) is 0. The number of urea groups is 1. The Morgan fingerprint density at radius 3 is 2.64 bits per heavy atom. The Labute approximate surface area is 124 Å². The minimum absolute atomic E-state index is 0.208. The fraction of sp³-hybridized carbons (Fsp3) is 0.308. The van der Waals surface area contributed by atoms with Gasteiger partial charge in [-0.25, -0.2) is 14.5 Å². The maximum atomic E-state index is 12.5. The lowest BCUT2D eigenvalue weighted by Crippen LogP contribution is -2.45. The Hall–Kier alpha value is -2.97. The molecule has 0 aliphatic carbocycles. The summed E-state index contributed by atoms with van der Waals surface area (Å²) in [5.74, 6) is -2.10. The summed E-state index contributed by atoms with van der Waals surface area (Å²) in [5, 5.41) is 22.2. The molecule has 22 heavy (non-hydrogen) atoms. The maximum absolute atomic E-state index is 12.5. The van der Waals surface area contributed by atoms with Crippen LogP contribution in [0.1, 0.15) is 19.4 Å². The molecule has 1 fully saturated rings. The molecule has 0 saturated carbocycles. The van der Waals surface area contributed by atoms with Crippen LogP contribution in [-0.2, 0) is 15.1 Å². The molecule has 1 aromatic rings. The number of carbonyl (C=O) groups is 3. The van der Waals surface area contributed by atoms with Crippen LogP contribution in [0.3, 0.4) is 0 Å². The number of hydrogen-bond acceptors (Lipinski definition) is 5. The average molecular weight is 307 g/mol. The van der Waals surface area contributed by atoms with Gasteiger partial charge in [0.1, 0.15) is 11.6 Å². The van der Waals surface area contributed by atoms with Crippen LogP contribution in [0, 0.1) is 10.1 Å². The van der Waals surface area contributed by atoms with E-state index in [0.29, 0.717) is 4.90 Å². The third-order valence-corrected chi connectivity index (χ3v) is 3.60. The van der Waals surface area contributed by atoms with Crippen molar-refractivity contribution >= 4 is 23.6 Å². The number of amides is 3. The first-order chi connectivity index (χ1) is 10.2. The van der Waals surface area contributed by atoms with Crippen molar-refractivity contribution in [1.82, 2.24) is 10.2 Å². The van der Waals surface area contributed by atoms with Crippen molar-refractivity contribution in [3.05, 3.63) is 39.9 Å². The Balaban J connectivity index is 2.45. The number of benzene rings is 1. The number of imide groups is 1. The van der Waals surface area contributed by atoms with E-state index in [9.17, 15) is 24.5 Å². The maximum Gasteiger partial charge on any atom is 0.326 e. The number of rotatable bonds is 4. The molecule has 2 N–H and O–H groups in total. The van der Waals surface area contributed by atoms with Gasteiger partial charge in [-0.1, -0.05) is 12.1 Å². The van der Waals surface area contributed by atoms with Gasteiger partial charge in [-0.15, -0.1) is 0 Å². The Kier molecular flexibility index (Phi) is 3.57. The molecule has 9 heteroatoms. The number of nitro groups is 1. The first-order valence-corrected chi connectivity index (χ1v) is 6.32. The van der Waals surface area contributed by atoms with Gasteiger partial charge in [-0.05, 0) is 19.4 Å². The Bertz CT molecular complexity index is 688. The number of nitrogens with one attached hydrogen (secondary N) is 1. The van der Waals surface area contributed by atoms with E-state index in [4.69, 9.17) is 5.11 Å². The first kappa shape index (κ1) is 15.4. The fourth-order valence-electron chi connectivity index (χ4n) is 2.25. The predicted octanol–water partition coefficient (Wildman–Crippen LogP) is 0.835. The molecule has 0 aromatic heterocycles. The summed E-state index contributed by atoms with van der Waals surface area (Å²) in [5.41, 5.74) is -1.57. The molecule has 1 saturated heterocycles. The van der Waals surface area contributed by atoms with E-state index in [1.54, 1.807) is 0 Å². The second-order valence-corrected chi connectivity index (χ2v) is 5.05. The zero-order valence-electron chi connectivity index (χ0n) is 11.8. The summed E-state index contributed by atoms with van der Waals surface area (Å²) in [6.07, 6.45) is 0. The molecule has 1 aliphatic heterocycles. The van der Waals surface area contributed by atoms with E-state index in [1.807, 2.05) is 0 Å². The second-order valence-electron chi connectivity index (χ2n) is 5.05. The summed E-state index contributed by atoms with van der Waals surface area (Å²) in [4.78, 5) is 46.2. The van der Waals surface area contributed by atoms with Crippen molar-refractivity contribution in [2.24, 2.45) is 0 Å². The standard InChI is InChI=1S/C13H13N3O6/c1-7(10(17)18)15-11(19)13(2,14-12(15)20)8-4-3-5-9(6-8)16(21)22/h3-7H,1-2H3,(H,14,20)(H,17,18). The lowest BCUT2D eigenvalue weighted by atomic mass is 9.91. The lowest BCUT2D eigenvalue weighted by molar-refractivity contribution is -0.385. The normalized spacial score (nSPS) is 22.4. The van der Waals surface area contributed by atoms with E-state index in [0.717, 1.165) is 0 Å². The molecule has 1 aromatic carbocycles. The number of hydrogen-bond donors (Lipinski definition) is 2. The number of carbonyl (C=O) groups excluding carboxylic acids is 2. The SMILES string of the molecule is CC(C(=O)O)N1C(=O)NC(C)(c2cccc([N+](=O)[O-])c2)C1=O. The van der Waals surface area contributed by atoms with Crippen LogP contribution < -0.4 is 5.32 Å². The topological polar surface area (TPSA) is 130 Å². The average Bonchev–Trinajstić information content (AvgIpc) is 2.69. The van der Waals surface area contributed by atoms with Crippen LogP contribution in [0.25, 0.3) is 0 Å². The molecule has 0 spiro atoms. The number of nitrogens with zero attached hydrogens (tertiary/aromatic N) is 2. The van der Waals surface area contributed by atoms with Crippen molar-refractivity contribution < 1.29 is 24.4 Å². The summed E-state index contributed by atoms with van der Waals surface area (Å²) in [6.45, 7) is 2.58. The molecule has 1 aliphatic rings. The number of carboxylic acid groups (broad SMARTS) is 1. The third-order valence-electron chi connectivity index (χ3n) is 3.60. The van der Waals surface area contributed by atoms with Crippen LogP contribution in [-0.4, -0.2) is 38.9 Å². The number of non-ortho nitro benzene ring substituents is 1. The highest BCUT2D eigenvalue weighted by Crippen LogP contribution is 2.31. The predicted molar refractivity (Wildman–Crippen MR) is 72.9 cm³/mol. The molecule has 0 radical (unpaired) electrons. The second kappa shape index (κ2) is 5.10. The largest absolute Gasteiger partial charge is 0.480 e. The third kappa shape index (κ3) is 2.26. The van der Waals surface area contributed by atoms with E-state index in [-0.39, 0.29) is 11.3 Å². The van der Waals surface area contributed by atoms with Crippen molar-refractivity contribution in [3.8, 4) is 0 Å². The fourth-order valence-corrected chi connectivity index (χ4v) is 2.25. The first-order valence-electron chi connectivity index (χ1n) is 6.32. The molecule has 2 unspecified atom stereocenters. The lowest BCUT2D eigenvalue weighted by Gasteiger charge is -2.23. The zero-order valence-corrected chi connectivity index (χ0v) is 11.8. The molecule has 116 valence electrons. The van der Waals surface area contributed by atoms with Gasteiger partial charge >= 0.3 is 12.0 Å². The number of nitro benzene ring substituents is 1. The summed E-state index contributed by atoms with van der Waals surface area (Å²) in [6, 6.07) is 3.09. The van der Waals surface area contributed by atoms with Crippen LogP contribution in [0.4, 0.5) is 10.5 Å². The van der Waals surface area contributed by atoms with Crippen molar-refractivity contribution in [1.29, 1.82) is 0 Å². The highest BCUT2D eigenvalue weighted by Gasteiger charge is 2.52. The Morgan fingerprint density at radius 2 is 2.09 bits per heavy atom. The monoisotopic (exact) mass is 307 g/mol. The molecule has 2 rings (SSSR count). The molecular formula is C13H13N3O6. The zero-order chi connectivity index (χ0) is 16.7. The molecule has 0 bridgehead atoms. The van der Waals surface area contributed by atoms with Crippen molar-refractivity contribution in [2.45, 2.75) is 25.4 Å². The number of carboxylic acids is 1. The van der Waals surface area contributed by atoms with Gasteiger partial charge in [-0.2, -0.15) is 0 Å². The molecule has 9 nitrogen and oxygen atoms in total. The summed E-state index contributed by atoms with van der Waals surface area (Å²) < 4.78 is 0. The quantitative estimate of drug-likeness (QED) is 0.481. The van der Waals surface area contributed by atoms with Gasteiger partial charge in [0.15, 0.2) is 0 Å². The minimum Gasteiger partial charge on any atom is -0.480 e. The van der Waals surface area contributed by atoms with Crippen LogP contribution in [0.15, 0.2) is 24.3 Å². The highest BCUT2D eigenvalue weighted by atomic mass is 16.6. The van der Waals surface area contributed by atoms with Gasteiger partial charge < -0.3 is 10.4 Å². The van der Waals surface area contributed by atoms with Crippen LogP contribution in [0.2, 0.25) is 0 Å². The highest BCUT2D eigenvalue weighted by molar-refractivity contribution is 6.09. The summed E-state index contributed by atoms with van der Waals surface area (Å²) >= 11 is 0. The van der Waals surface area contributed by atoms with E-state index >= 15 is 0 Å². The van der Waals surface area contributed by atoms with Gasteiger partial charge in [0.25, 0.3) is 11.6 Å². The smallest absolute Gasteiger partial charge is 0.326 e. The van der Waals surface area contributed by atoms with E-state index in [1.165, 1.54) is 38.1 Å². The Morgan fingerprint density at radius 1 is 1.45 bits per heavy atom. The minimum atomic E-state index is -1.55. The van der Waals surface area contributed by atoms with Gasteiger partial charge in [0, 0.05) is 12.1 Å². The molecular weight excluding hydrogens is 294 g/mol. The van der Waals surface area contributed by atoms with Crippen molar-refractivity contribution in [2.75, 3.05) is 0 Å². The van der Waals surface area contributed by atoms with E-state index < -0.39 is 34.4 Å². The van der Waals surface area contributed by atoms with Gasteiger partial charge in [0.2, 0.25) is 0 Å². The van der Waals surface area contributed by atoms with Crippen LogP contribution >= 0.6 is 0 Å². The van der Waals surface area contributed by atoms with Gasteiger partial charge in [-0.3, -0.25) is 14.9 Å². The van der Waals surface area contributed by atoms with Crippen molar-refractivity contribution in [3.63, 3.8) is 0 Å². The molecule has 3 amide bonds.